The van der Waals surface area contributed by atoms with Crippen LogP contribution < -0.4 is 10.6 Å². The standard InChI is InChI=1S/C17H19ClN4OS/c1-11-10-19-9-8-13(11)20-17(23)14-6-7-16(22-21-14)24-15-5-3-2-4-12(15)18/h2-7,11,13,19H,8-10H2,1H3,(H,20,23). The highest BCUT2D eigenvalue weighted by molar-refractivity contribution is 7.99. The van der Waals surface area contributed by atoms with Gasteiger partial charge in [-0.05, 0) is 49.7 Å². The van der Waals surface area contributed by atoms with Crippen LogP contribution in [0.2, 0.25) is 5.02 Å². The van der Waals surface area contributed by atoms with Crippen molar-refractivity contribution in [3.05, 3.63) is 47.1 Å². The molecule has 1 aromatic carbocycles. The van der Waals surface area contributed by atoms with Crippen molar-refractivity contribution in [1.29, 1.82) is 0 Å². The molecule has 126 valence electrons. The van der Waals surface area contributed by atoms with Gasteiger partial charge in [0.1, 0.15) is 5.03 Å². The van der Waals surface area contributed by atoms with Crippen LogP contribution in [0, 0.1) is 5.92 Å². The Bertz CT molecular complexity index is 710. The average Bonchev–Trinajstić information content (AvgIpc) is 2.59. The summed E-state index contributed by atoms with van der Waals surface area (Å²) in [4.78, 5) is 13.2. The molecule has 0 radical (unpaired) electrons. The second kappa shape index (κ2) is 7.96. The molecule has 2 aromatic rings. The van der Waals surface area contributed by atoms with Gasteiger partial charge < -0.3 is 10.6 Å². The fraction of sp³-hybridized carbons (Fsp3) is 0.353. The molecule has 0 bridgehead atoms. The van der Waals surface area contributed by atoms with E-state index in [1.807, 2.05) is 24.3 Å². The van der Waals surface area contributed by atoms with Gasteiger partial charge >= 0.3 is 0 Å². The van der Waals surface area contributed by atoms with Gasteiger partial charge in [0.25, 0.3) is 5.91 Å². The van der Waals surface area contributed by atoms with E-state index < -0.39 is 0 Å². The van der Waals surface area contributed by atoms with Gasteiger partial charge in [0, 0.05) is 10.9 Å². The lowest BCUT2D eigenvalue weighted by molar-refractivity contribution is 0.0908. The Labute approximate surface area is 150 Å². The summed E-state index contributed by atoms with van der Waals surface area (Å²) in [7, 11) is 0. The number of rotatable bonds is 4. The predicted octanol–water partition coefficient (Wildman–Crippen LogP) is 3.01. The fourth-order valence-electron chi connectivity index (χ4n) is 2.61. The molecule has 5 nitrogen and oxygen atoms in total. The zero-order valence-electron chi connectivity index (χ0n) is 13.3. The molecule has 2 N–H and O–H groups in total. The van der Waals surface area contributed by atoms with Crippen LogP contribution in [-0.4, -0.2) is 35.2 Å². The first kappa shape index (κ1) is 17.2. The second-order valence-electron chi connectivity index (χ2n) is 5.84. The van der Waals surface area contributed by atoms with E-state index in [4.69, 9.17) is 11.6 Å². The molecule has 1 amide bonds. The van der Waals surface area contributed by atoms with Crippen LogP contribution in [0.4, 0.5) is 0 Å². The molecular weight excluding hydrogens is 344 g/mol. The number of benzene rings is 1. The molecule has 7 heteroatoms. The van der Waals surface area contributed by atoms with Gasteiger partial charge in [-0.15, -0.1) is 10.2 Å². The quantitative estimate of drug-likeness (QED) is 0.875. The Morgan fingerprint density at radius 2 is 2.12 bits per heavy atom. The van der Waals surface area contributed by atoms with Gasteiger partial charge in [0.05, 0.1) is 5.02 Å². The minimum absolute atomic E-state index is 0.171. The van der Waals surface area contributed by atoms with Gasteiger partial charge in [0.2, 0.25) is 0 Å². The predicted molar refractivity (Wildman–Crippen MR) is 95.5 cm³/mol. The zero-order chi connectivity index (χ0) is 16.9. The molecular formula is C17H19ClN4OS. The van der Waals surface area contributed by atoms with Gasteiger partial charge in [0.15, 0.2) is 5.69 Å². The Morgan fingerprint density at radius 3 is 2.83 bits per heavy atom. The molecule has 1 saturated heterocycles. The number of aromatic nitrogens is 2. The van der Waals surface area contributed by atoms with Gasteiger partial charge in [-0.3, -0.25) is 4.79 Å². The molecule has 2 unspecified atom stereocenters. The monoisotopic (exact) mass is 362 g/mol. The molecule has 2 heterocycles. The average molecular weight is 363 g/mol. The maximum absolute atomic E-state index is 12.3. The lowest BCUT2D eigenvalue weighted by atomic mass is 9.95. The number of amides is 1. The van der Waals surface area contributed by atoms with Crippen LogP contribution in [0.1, 0.15) is 23.8 Å². The summed E-state index contributed by atoms with van der Waals surface area (Å²) in [6.07, 6.45) is 0.931. The van der Waals surface area contributed by atoms with Crippen molar-refractivity contribution in [3.63, 3.8) is 0 Å². The summed E-state index contributed by atoms with van der Waals surface area (Å²) in [6, 6.07) is 11.2. The van der Waals surface area contributed by atoms with E-state index in [9.17, 15) is 4.79 Å². The van der Waals surface area contributed by atoms with E-state index in [2.05, 4.69) is 27.8 Å². The number of halogens is 1. The Balaban J connectivity index is 1.63. The summed E-state index contributed by atoms with van der Waals surface area (Å²) in [5.74, 6) is 0.237. The Hall–Kier alpha value is -1.63. The fourth-order valence-corrected chi connectivity index (χ4v) is 3.61. The summed E-state index contributed by atoms with van der Waals surface area (Å²) < 4.78 is 0. The number of carbonyl (C=O) groups is 1. The normalized spacial score (nSPS) is 20.6. The number of nitrogens with zero attached hydrogens (tertiary/aromatic N) is 2. The minimum atomic E-state index is -0.171. The maximum Gasteiger partial charge on any atom is 0.272 e. The molecule has 1 aliphatic rings. The van der Waals surface area contributed by atoms with Crippen LogP contribution >= 0.6 is 23.4 Å². The lowest BCUT2D eigenvalue weighted by Gasteiger charge is -2.30. The van der Waals surface area contributed by atoms with Crippen molar-refractivity contribution < 1.29 is 4.79 Å². The first-order chi connectivity index (χ1) is 11.6. The third-order valence-corrected chi connectivity index (χ3v) is 5.47. The number of hydrogen-bond donors (Lipinski definition) is 2. The maximum atomic E-state index is 12.3. The molecule has 0 spiro atoms. The van der Waals surface area contributed by atoms with E-state index in [1.165, 1.54) is 11.8 Å². The van der Waals surface area contributed by atoms with E-state index in [-0.39, 0.29) is 11.9 Å². The van der Waals surface area contributed by atoms with Crippen molar-refractivity contribution >= 4 is 29.3 Å². The SMILES string of the molecule is CC1CNCCC1NC(=O)c1ccc(Sc2ccccc2Cl)nn1. The van der Waals surface area contributed by atoms with Crippen LogP contribution in [0.25, 0.3) is 0 Å². The van der Waals surface area contributed by atoms with Gasteiger partial charge in [-0.25, -0.2) is 0 Å². The van der Waals surface area contributed by atoms with Crippen molar-refractivity contribution in [1.82, 2.24) is 20.8 Å². The van der Waals surface area contributed by atoms with E-state index in [0.29, 0.717) is 21.7 Å². The summed E-state index contributed by atoms with van der Waals surface area (Å²) in [5, 5.41) is 15.9. The molecule has 1 aliphatic heterocycles. The van der Waals surface area contributed by atoms with E-state index >= 15 is 0 Å². The zero-order valence-corrected chi connectivity index (χ0v) is 14.9. The Kier molecular flexibility index (Phi) is 5.71. The number of nitrogens with one attached hydrogen (secondary N) is 2. The summed E-state index contributed by atoms with van der Waals surface area (Å²) >= 11 is 7.56. The van der Waals surface area contributed by atoms with Crippen LogP contribution in [0.5, 0.6) is 0 Å². The molecule has 1 aromatic heterocycles. The summed E-state index contributed by atoms with van der Waals surface area (Å²) in [6.45, 7) is 3.98. The van der Waals surface area contributed by atoms with Crippen LogP contribution in [0.15, 0.2) is 46.3 Å². The van der Waals surface area contributed by atoms with Crippen molar-refractivity contribution in [2.24, 2.45) is 5.92 Å². The topological polar surface area (TPSA) is 66.9 Å². The molecule has 3 rings (SSSR count). The van der Waals surface area contributed by atoms with Crippen molar-refractivity contribution in [2.45, 2.75) is 29.3 Å². The highest BCUT2D eigenvalue weighted by Crippen LogP contribution is 2.31. The Morgan fingerprint density at radius 1 is 1.29 bits per heavy atom. The van der Waals surface area contributed by atoms with E-state index in [1.54, 1.807) is 12.1 Å². The number of carbonyl (C=O) groups excluding carboxylic acids is 1. The van der Waals surface area contributed by atoms with Crippen molar-refractivity contribution in [2.75, 3.05) is 13.1 Å². The number of piperidine rings is 1. The summed E-state index contributed by atoms with van der Waals surface area (Å²) in [5.41, 5.74) is 0.337. The van der Waals surface area contributed by atoms with Gasteiger partial charge in [-0.2, -0.15) is 0 Å². The van der Waals surface area contributed by atoms with E-state index in [0.717, 1.165) is 24.4 Å². The minimum Gasteiger partial charge on any atom is -0.348 e. The van der Waals surface area contributed by atoms with Crippen LogP contribution in [0.3, 0.4) is 0 Å². The molecule has 0 aliphatic carbocycles. The first-order valence-electron chi connectivity index (χ1n) is 7.91. The molecule has 1 fully saturated rings. The third kappa shape index (κ3) is 4.26. The van der Waals surface area contributed by atoms with Crippen molar-refractivity contribution in [3.8, 4) is 0 Å². The first-order valence-corrected chi connectivity index (χ1v) is 9.10. The smallest absolute Gasteiger partial charge is 0.272 e. The largest absolute Gasteiger partial charge is 0.348 e. The van der Waals surface area contributed by atoms with Crippen LogP contribution in [-0.2, 0) is 0 Å². The lowest BCUT2D eigenvalue weighted by Crippen LogP contribution is -2.48. The highest BCUT2D eigenvalue weighted by atomic mass is 35.5. The number of hydrogen-bond acceptors (Lipinski definition) is 5. The third-order valence-electron chi connectivity index (χ3n) is 4.03. The molecule has 24 heavy (non-hydrogen) atoms. The second-order valence-corrected chi connectivity index (χ2v) is 7.31. The molecule has 2 atom stereocenters. The molecule has 0 saturated carbocycles. The van der Waals surface area contributed by atoms with Gasteiger partial charge in [-0.1, -0.05) is 42.4 Å². The highest BCUT2D eigenvalue weighted by Gasteiger charge is 2.23.